The summed E-state index contributed by atoms with van der Waals surface area (Å²) < 4.78 is 13.5. The predicted octanol–water partition coefficient (Wildman–Crippen LogP) is 2.16. The molecule has 0 aliphatic rings. The minimum atomic E-state index is -0.282. The predicted molar refractivity (Wildman–Crippen MR) is 70.3 cm³/mol. The van der Waals surface area contributed by atoms with Gasteiger partial charge in [-0.3, -0.25) is 4.79 Å². The van der Waals surface area contributed by atoms with Crippen molar-refractivity contribution in [3.63, 3.8) is 0 Å². The van der Waals surface area contributed by atoms with E-state index in [1.807, 2.05) is 13.8 Å². The third kappa shape index (κ3) is 4.11. The Labute approximate surface area is 108 Å². The van der Waals surface area contributed by atoms with Gasteiger partial charge >= 0.3 is 0 Å². The highest BCUT2D eigenvalue weighted by molar-refractivity contribution is 5.76. The molecule has 2 N–H and O–H groups in total. The highest BCUT2D eigenvalue weighted by Crippen LogP contribution is 2.20. The van der Waals surface area contributed by atoms with Gasteiger partial charge in [-0.05, 0) is 18.0 Å². The van der Waals surface area contributed by atoms with Crippen LogP contribution in [0.4, 0.5) is 4.39 Å². The van der Waals surface area contributed by atoms with Gasteiger partial charge in [0, 0.05) is 25.6 Å². The number of hydrogen-bond donors (Lipinski definition) is 1. The Morgan fingerprint density at radius 1 is 1.39 bits per heavy atom. The minimum Gasteiger partial charge on any atom is -0.341 e. The summed E-state index contributed by atoms with van der Waals surface area (Å²) in [5, 5.41) is 0. The van der Waals surface area contributed by atoms with Gasteiger partial charge in [0.1, 0.15) is 5.82 Å². The van der Waals surface area contributed by atoms with Gasteiger partial charge in [0.15, 0.2) is 0 Å². The van der Waals surface area contributed by atoms with Crippen LogP contribution in [0.15, 0.2) is 24.3 Å². The van der Waals surface area contributed by atoms with Gasteiger partial charge in [-0.15, -0.1) is 0 Å². The van der Waals surface area contributed by atoms with E-state index in [4.69, 9.17) is 5.73 Å². The standard InChI is InChI=1S/C14H21FN2O/c1-14(2,10-16)8-13(18)17(3)9-11-6-4-5-7-12(11)15/h4-7H,8-10,16H2,1-3H3. The molecule has 1 amide bonds. The van der Waals surface area contributed by atoms with Gasteiger partial charge < -0.3 is 10.6 Å². The second-order valence-electron chi connectivity index (χ2n) is 5.39. The molecule has 1 aromatic rings. The van der Waals surface area contributed by atoms with Crippen molar-refractivity contribution >= 4 is 5.91 Å². The van der Waals surface area contributed by atoms with Crippen LogP contribution in [0.25, 0.3) is 0 Å². The summed E-state index contributed by atoms with van der Waals surface area (Å²) in [6, 6.07) is 6.49. The third-order valence-corrected chi connectivity index (χ3v) is 2.97. The molecule has 0 atom stereocenters. The fourth-order valence-electron chi connectivity index (χ4n) is 1.59. The van der Waals surface area contributed by atoms with Crippen molar-refractivity contribution in [3.05, 3.63) is 35.6 Å². The Kier molecular flexibility index (Phi) is 4.84. The highest BCUT2D eigenvalue weighted by Gasteiger charge is 2.22. The van der Waals surface area contributed by atoms with Crippen molar-refractivity contribution in [2.24, 2.45) is 11.1 Å². The Bertz CT molecular complexity index is 418. The number of amides is 1. The summed E-state index contributed by atoms with van der Waals surface area (Å²) in [5.74, 6) is -0.302. The van der Waals surface area contributed by atoms with Crippen LogP contribution in [0.3, 0.4) is 0 Å². The lowest BCUT2D eigenvalue weighted by Crippen LogP contribution is -2.34. The number of halogens is 1. The normalized spacial score (nSPS) is 11.4. The smallest absolute Gasteiger partial charge is 0.223 e. The maximum atomic E-state index is 13.5. The van der Waals surface area contributed by atoms with Crippen molar-refractivity contribution in [2.75, 3.05) is 13.6 Å². The SMILES string of the molecule is CN(Cc1ccccc1F)C(=O)CC(C)(C)CN. The van der Waals surface area contributed by atoms with Crippen LogP contribution in [-0.2, 0) is 11.3 Å². The Balaban J connectivity index is 2.63. The van der Waals surface area contributed by atoms with E-state index >= 15 is 0 Å². The lowest BCUT2D eigenvalue weighted by Gasteiger charge is -2.25. The van der Waals surface area contributed by atoms with E-state index in [1.165, 1.54) is 11.0 Å². The summed E-state index contributed by atoms with van der Waals surface area (Å²) in [7, 11) is 1.68. The summed E-state index contributed by atoms with van der Waals surface area (Å²) in [6.07, 6.45) is 0.369. The van der Waals surface area contributed by atoms with E-state index in [0.717, 1.165) is 0 Å². The fraction of sp³-hybridized carbons (Fsp3) is 0.500. The van der Waals surface area contributed by atoms with Crippen molar-refractivity contribution < 1.29 is 9.18 Å². The largest absolute Gasteiger partial charge is 0.341 e. The van der Waals surface area contributed by atoms with Crippen LogP contribution in [0.5, 0.6) is 0 Å². The molecular weight excluding hydrogens is 231 g/mol. The number of nitrogens with two attached hydrogens (primary N) is 1. The molecule has 0 fully saturated rings. The Hall–Kier alpha value is -1.42. The van der Waals surface area contributed by atoms with Crippen LogP contribution in [0, 0.1) is 11.2 Å². The van der Waals surface area contributed by atoms with Crippen molar-refractivity contribution in [1.82, 2.24) is 4.90 Å². The second kappa shape index (κ2) is 5.96. The van der Waals surface area contributed by atoms with Gasteiger partial charge in [0.25, 0.3) is 0 Å². The third-order valence-electron chi connectivity index (χ3n) is 2.97. The molecule has 0 saturated heterocycles. The number of hydrogen-bond acceptors (Lipinski definition) is 2. The number of benzene rings is 1. The average Bonchev–Trinajstić information content (AvgIpc) is 2.31. The maximum Gasteiger partial charge on any atom is 0.223 e. The van der Waals surface area contributed by atoms with Crippen LogP contribution in [0.2, 0.25) is 0 Å². The summed E-state index contributed by atoms with van der Waals surface area (Å²) in [4.78, 5) is 13.5. The zero-order valence-electron chi connectivity index (χ0n) is 11.2. The van der Waals surface area contributed by atoms with Gasteiger partial charge in [-0.1, -0.05) is 32.0 Å². The van der Waals surface area contributed by atoms with E-state index in [1.54, 1.807) is 25.2 Å². The zero-order chi connectivity index (χ0) is 13.8. The van der Waals surface area contributed by atoms with Crippen molar-refractivity contribution in [2.45, 2.75) is 26.8 Å². The molecule has 0 aliphatic heterocycles. The van der Waals surface area contributed by atoms with E-state index in [9.17, 15) is 9.18 Å². The number of rotatable bonds is 5. The van der Waals surface area contributed by atoms with Crippen LogP contribution < -0.4 is 5.73 Å². The molecule has 3 nitrogen and oxygen atoms in total. The first-order valence-corrected chi connectivity index (χ1v) is 6.03. The van der Waals surface area contributed by atoms with E-state index in [-0.39, 0.29) is 23.7 Å². The van der Waals surface area contributed by atoms with Gasteiger partial charge in [0.05, 0.1) is 0 Å². The van der Waals surface area contributed by atoms with Crippen molar-refractivity contribution in [1.29, 1.82) is 0 Å². The quantitative estimate of drug-likeness (QED) is 0.873. The molecular formula is C14H21FN2O. The van der Waals surface area contributed by atoms with E-state index < -0.39 is 0 Å². The molecule has 0 unspecified atom stereocenters. The summed E-state index contributed by atoms with van der Waals surface area (Å²) in [5.41, 5.74) is 5.91. The minimum absolute atomic E-state index is 0.0197. The molecule has 0 bridgehead atoms. The van der Waals surface area contributed by atoms with Crippen LogP contribution in [-0.4, -0.2) is 24.4 Å². The molecule has 1 aromatic carbocycles. The molecule has 4 heteroatoms. The van der Waals surface area contributed by atoms with Gasteiger partial charge in [-0.25, -0.2) is 4.39 Å². The number of nitrogens with zero attached hydrogens (tertiary/aromatic N) is 1. The first kappa shape index (κ1) is 14.6. The Morgan fingerprint density at radius 3 is 2.56 bits per heavy atom. The topological polar surface area (TPSA) is 46.3 Å². The number of carbonyl (C=O) groups excluding carboxylic acids is 1. The molecule has 0 spiro atoms. The van der Waals surface area contributed by atoms with Gasteiger partial charge in [0.2, 0.25) is 5.91 Å². The lowest BCUT2D eigenvalue weighted by atomic mass is 9.89. The molecule has 0 heterocycles. The molecule has 0 aromatic heterocycles. The summed E-state index contributed by atoms with van der Waals surface area (Å²) >= 11 is 0. The lowest BCUT2D eigenvalue weighted by molar-refractivity contribution is -0.132. The summed E-state index contributed by atoms with van der Waals surface area (Å²) in [6.45, 7) is 4.63. The Morgan fingerprint density at radius 2 is 2.00 bits per heavy atom. The number of carbonyl (C=O) groups is 1. The zero-order valence-corrected chi connectivity index (χ0v) is 11.2. The van der Waals surface area contributed by atoms with Crippen molar-refractivity contribution in [3.8, 4) is 0 Å². The highest BCUT2D eigenvalue weighted by atomic mass is 19.1. The van der Waals surface area contributed by atoms with Gasteiger partial charge in [-0.2, -0.15) is 0 Å². The molecule has 0 saturated carbocycles. The van der Waals surface area contributed by atoms with E-state index in [0.29, 0.717) is 18.5 Å². The second-order valence-corrected chi connectivity index (χ2v) is 5.39. The first-order valence-electron chi connectivity index (χ1n) is 6.03. The molecule has 1 rings (SSSR count). The van der Waals surface area contributed by atoms with E-state index in [2.05, 4.69) is 0 Å². The first-order chi connectivity index (χ1) is 8.35. The molecule has 0 aliphatic carbocycles. The average molecular weight is 252 g/mol. The monoisotopic (exact) mass is 252 g/mol. The maximum absolute atomic E-state index is 13.5. The molecule has 100 valence electrons. The molecule has 0 radical (unpaired) electrons. The van der Waals surface area contributed by atoms with Crippen LogP contribution in [0.1, 0.15) is 25.8 Å². The molecule has 18 heavy (non-hydrogen) atoms. The fourth-order valence-corrected chi connectivity index (χ4v) is 1.59. The van der Waals surface area contributed by atoms with Crippen LogP contribution >= 0.6 is 0 Å².